The molecule has 2 aliphatic rings. The average Bonchev–Trinajstić information content (AvgIpc) is 3.02. The van der Waals surface area contributed by atoms with Crippen molar-refractivity contribution in [3.05, 3.63) is 11.4 Å². The number of carbonyl (C=O) groups is 3. The van der Waals surface area contributed by atoms with E-state index in [-0.39, 0.29) is 17.8 Å². The van der Waals surface area contributed by atoms with Crippen LogP contribution in [0.25, 0.3) is 0 Å². The lowest BCUT2D eigenvalue weighted by Crippen LogP contribution is -2.56. The first-order valence-corrected chi connectivity index (χ1v) is 7.11. The van der Waals surface area contributed by atoms with Gasteiger partial charge >= 0.3 is 6.03 Å². The van der Waals surface area contributed by atoms with E-state index in [4.69, 9.17) is 0 Å². The van der Waals surface area contributed by atoms with Crippen molar-refractivity contribution in [3.8, 4) is 0 Å². The topological polar surface area (TPSA) is 102 Å². The Morgan fingerprint density at radius 3 is 2.27 bits per heavy atom. The summed E-state index contributed by atoms with van der Waals surface area (Å²) < 4.78 is 0. The van der Waals surface area contributed by atoms with Crippen LogP contribution in [0.1, 0.15) is 29.0 Å². The highest BCUT2D eigenvalue weighted by molar-refractivity contribution is 6.06. The van der Waals surface area contributed by atoms with Crippen molar-refractivity contribution < 1.29 is 14.4 Å². The van der Waals surface area contributed by atoms with Gasteiger partial charge in [-0.25, -0.2) is 4.79 Å². The number of hydrogen-bond donors (Lipinski definition) is 1. The molecule has 0 radical (unpaired) electrons. The van der Waals surface area contributed by atoms with Gasteiger partial charge in [0.15, 0.2) is 5.69 Å². The predicted octanol–water partition coefficient (Wildman–Crippen LogP) is -0.388. The summed E-state index contributed by atoms with van der Waals surface area (Å²) in [5, 5.41) is 10.1. The monoisotopic (exact) mass is 306 g/mol. The first-order chi connectivity index (χ1) is 10.4. The SMILES string of the molecule is Cc1n[nH]nc1C(=O)N1CCC2(CC1)C(=O)N(C)C(=O)N2C. The Bertz CT molecular complexity index is 646. The van der Waals surface area contributed by atoms with Crippen LogP contribution in [0.3, 0.4) is 0 Å². The minimum atomic E-state index is -0.818. The molecule has 118 valence electrons. The zero-order chi connectivity index (χ0) is 16.1. The maximum atomic E-state index is 12.4. The second-order valence-corrected chi connectivity index (χ2v) is 5.79. The molecule has 2 fully saturated rings. The van der Waals surface area contributed by atoms with Crippen LogP contribution in [0.15, 0.2) is 0 Å². The fourth-order valence-electron chi connectivity index (χ4n) is 3.22. The van der Waals surface area contributed by atoms with Crippen molar-refractivity contribution in [2.24, 2.45) is 0 Å². The van der Waals surface area contributed by atoms with E-state index in [2.05, 4.69) is 15.4 Å². The number of nitrogens with zero attached hydrogens (tertiary/aromatic N) is 5. The Morgan fingerprint density at radius 2 is 1.82 bits per heavy atom. The van der Waals surface area contributed by atoms with Crippen LogP contribution in [0, 0.1) is 6.92 Å². The summed E-state index contributed by atoms with van der Waals surface area (Å²) in [4.78, 5) is 41.1. The summed E-state index contributed by atoms with van der Waals surface area (Å²) in [7, 11) is 3.13. The maximum Gasteiger partial charge on any atom is 0.327 e. The van der Waals surface area contributed by atoms with E-state index in [1.54, 1.807) is 18.9 Å². The molecule has 1 N–H and O–H groups in total. The molecule has 1 aromatic heterocycles. The third kappa shape index (κ3) is 1.81. The molecule has 9 nitrogen and oxygen atoms in total. The lowest BCUT2D eigenvalue weighted by atomic mass is 9.86. The van der Waals surface area contributed by atoms with E-state index in [9.17, 15) is 14.4 Å². The normalized spacial score (nSPS) is 21.1. The lowest BCUT2D eigenvalue weighted by molar-refractivity contribution is -0.134. The summed E-state index contributed by atoms with van der Waals surface area (Å²) in [6.45, 7) is 2.52. The van der Waals surface area contributed by atoms with Gasteiger partial charge in [-0.15, -0.1) is 0 Å². The number of amides is 4. The summed E-state index contributed by atoms with van der Waals surface area (Å²) >= 11 is 0. The number of aryl methyl sites for hydroxylation is 1. The second-order valence-electron chi connectivity index (χ2n) is 5.79. The van der Waals surface area contributed by atoms with Crippen LogP contribution in [-0.4, -0.2) is 80.7 Å². The first kappa shape index (κ1) is 14.5. The van der Waals surface area contributed by atoms with Gasteiger partial charge in [0, 0.05) is 27.2 Å². The predicted molar refractivity (Wildman–Crippen MR) is 74.9 cm³/mol. The highest BCUT2D eigenvalue weighted by Crippen LogP contribution is 2.35. The van der Waals surface area contributed by atoms with E-state index in [1.165, 1.54) is 11.9 Å². The summed E-state index contributed by atoms with van der Waals surface area (Å²) in [6, 6.07) is -0.294. The number of carbonyl (C=O) groups excluding carboxylic acids is 3. The van der Waals surface area contributed by atoms with Crippen molar-refractivity contribution in [2.45, 2.75) is 25.3 Å². The molecule has 3 rings (SSSR count). The fourth-order valence-corrected chi connectivity index (χ4v) is 3.22. The van der Waals surface area contributed by atoms with Gasteiger partial charge in [-0.2, -0.15) is 15.4 Å². The smallest absolute Gasteiger partial charge is 0.327 e. The zero-order valence-corrected chi connectivity index (χ0v) is 12.8. The third-order valence-electron chi connectivity index (χ3n) is 4.72. The molecule has 3 heterocycles. The zero-order valence-electron chi connectivity index (χ0n) is 12.8. The van der Waals surface area contributed by atoms with Crippen molar-refractivity contribution in [2.75, 3.05) is 27.2 Å². The van der Waals surface area contributed by atoms with Gasteiger partial charge in [0.05, 0.1) is 5.69 Å². The quantitative estimate of drug-likeness (QED) is 0.712. The molecule has 0 atom stereocenters. The summed E-state index contributed by atoms with van der Waals surface area (Å²) in [5.41, 5.74) is 0.0334. The average molecular weight is 306 g/mol. The number of piperidine rings is 1. The molecule has 2 aliphatic heterocycles. The van der Waals surface area contributed by atoms with Crippen LogP contribution >= 0.6 is 0 Å². The van der Waals surface area contributed by atoms with Crippen LogP contribution in [0.2, 0.25) is 0 Å². The molecule has 0 bridgehead atoms. The van der Waals surface area contributed by atoms with Crippen LogP contribution < -0.4 is 0 Å². The number of rotatable bonds is 1. The fraction of sp³-hybridized carbons (Fsp3) is 0.615. The number of likely N-dealkylation sites (tertiary alicyclic amines) is 1. The molecular formula is C13H18N6O3. The largest absolute Gasteiger partial charge is 0.337 e. The molecule has 1 spiro atoms. The van der Waals surface area contributed by atoms with Crippen molar-refractivity contribution in [3.63, 3.8) is 0 Å². The number of H-pyrrole nitrogens is 1. The van der Waals surface area contributed by atoms with E-state index < -0.39 is 5.54 Å². The number of urea groups is 1. The molecule has 1 aromatic rings. The Balaban J connectivity index is 1.76. The van der Waals surface area contributed by atoms with E-state index in [0.717, 1.165) is 4.90 Å². The summed E-state index contributed by atoms with van der Waals surface area (Å²) in [6.07, 6.45) is 0.863. The van der Waals surface area contributed by atoms with E-state index >= 15 is 0 Å². The van der Waals surface area contributed by atoms with Gasteiger partial charge in [0.25, 0.3) is 11.8 Å². The standard InChI is InChI=1S/C13H18N6O3/c1-8-9(15-16-14-8)10(20)19-6-4-13(5-7-19)11(21)17(2)12(22)18(13)3/h4-7H2,1-3H3,(H,14,15,16). The lowest BCUT2D eigenvalue weighted by Gasteiger charge is -2.40. The van der Waals surface area contributed by atoms with Gasteiger partial charge in [0.1, 0.15) is 5.54 Å². The Kier molecular flexibility index (Phi) is 3.15. The van der Waals surface area contributed by atoms with Gasteiger partial charge in [-0.05, 0) is 19.8 Å². The number of aromatic amines is 1. The minimum Gasteiger partial charge on any atom is -0.337 e. The van der Waals surface area contributed by atoms with Gasteiger partial charge in [-0.1, -0.05) is 0 Å². The number of imide groups is 1. The highest BCUT2D eigenvalue weighted by Gasteiger charge is 2.55. The van der Waals surface area contributed by atoms with Crippen molar-refractivity contribution in [1.82, 2.24) is 30.1 Å². The number of likely N-dealkylation sites (N-methyl/N-ethyl adjacent to an activating group) is 2. The van der Waals surface area contributed by atoms with Gasteiger partial charge < -0.3 is 9.80 Å². The second kappa shape index (κ2) is 4.79. The van der Waals surface area contributed by atoms with Crippen LogP contribution in [-0.2, 0) is 4.79 Å². The number of hydrogen-bond acceptors (Lipinski definition) is 5. The van der Waals surface area contributed by atoms with Crippen LogP contribution in [0.4, 0.5) is 4.79 Å². The molecule has 2 saturated heterocycles. The minimum absolute atomic E-state index is 0.190. The maximum absolute atomic E-state index is 12.4. The van der Waals surface area contributed by atoms with E-state index in [0.29, 0.717) is 37.3 Å². The van der Waals surface area contributed by atoms with Crippen molar-refractivity contribution >= 4 is 17.8 Å². The molecule has 0 aliphatic carbocycles. The van der Waals surface area contributed by atoms with E-state index in [1.807, 2.05) is 0 Å². The first-order valence-electron chi connectivity index (χ1n) is 7.11. The summed E-state index contributed by atoms with van der Waals surface area (Å²) in [5.74, 6) is -0.390. The number of nitrogens with one attached hydrogen (secondary N) is 1. The molecule has 0 saturated carbocycles. The molecule has 22 heavy (non-hydrogen) atoms. The van der Waals surface area contributed by atoms with Crippen LogP contribution in [0.5, 0.6) is 0 Å². The Labute approximate surface area is 127 Å². The molecule has 0 unspecified atom stereocenters. The molecule has 0 aromatic carbocycles. The van der Waals surface area contributed by atoms with Crippen molar-refractivity contribution in [1.29, 1.82) is 0 Å². The molecule has 9 heteroatoms. The highest BCUT2D eigenvalue weighted by atomic mass is 16.2. The Hall–Kier alpha value is -2.45. The third-order valence-corrected chi connectivity index (χ3v) is 4.72. The number of aromatic nitrogens is 3. The van der Waals surface area contributed by atoms with Gasteiger partial charge in [-0.3, -0.25) is 14.5 Å². The Morgan fingerprint density at radius 1 is 1.18 bits per heavy atom. The van der Waals surface area contributed by atoms with Gasteiger partial charge in [0.2, 0.25) is 0 Å². The molecular weight excluding hydrogens is 288 g/mol. The molecule has 4 amide bonds.